The minimum absolute atomic E-state index is 0.0910. The number of nitrogens with zero attached hydrogens (tertiary/aromatic N) is 3. The van der Waals surface area contributed by atoms with Gasteiger partial charge in [-0.1, -0.05) is 6.92 Å². The van der Waals surface area contributed by atoms with E-state index in [0.717, 1.165) is 6.42 Å². The summed E-state index contributed by atoms with van der Waals surface area (Å²) in [6.45, 7) is 1.50. The molecule has 0 aliphatic carbocycles. The van der Waals surface area contributed by atoms with Crippen LogP contribution in [0.1, 0.15) is 35.8 Å². The minimum atomic E-state index is -1.32. The van der Waals surface area contributed by atoms with Gasteiger partial charge in [0.2, 0.25) is 0 Å². The van der Waals surface area contributed by atoms with Gasteiger partial charge < -0.3 is 36.1 Å². The van der Waals surface area contributed by atoms with E-state index in [4.69, 9.17) is 16.2 Å². The van der Waals surface area contributed by atoms with Crippen molar-refractivity contribution in [3.63, 3.8) is 0 Å². The average Bonchev–Trinajstić information content (AvgIpc) is 3.07. The molecule has 4 atom stereocenters. The molecule has 1 aliphatic rings. The fourth-order valence-corrected chi connectivity index (χ4v) is 3.05. The monoisotopic (exact) mass is 351 g/mol. The second-order valence-corrected chi connectivity index (χ2v) is 6.02. The van der Waals surface area contributed by atoms with Crippen LogP contribution in [0.25, 0.3) is 11.0 Å². The lowest BCUT2D eigenvalue weighted by atomic mass is 10.1. The second-order valence-electron chi connectivity index (χ2n) is 6.02. The molecule has 0 spiro atoms. The number of aryl methyl sites for hydroxylation is 1. The Morgan fingerprint density at radius 3 is 2.64 bits per heavy atom. The number of nitrogen functional groups attached to an aromatic ring is 1. The van der Waals surface area contributed by atoms with Crippen LogP contribution in [0, 0.1) is 0 Å². The molecule has 0 saturated carbocycles. The standard InChI is InChI=1S/C15H21N5O5/c1-2-3-8-18-12(16)9-6(13(17)24)4-20(14(9)19-8)15-11(23)10(22)7(5-21)25-15/h4,7,10-11,15,21-23H,2-3,5H2,1H3,(H2,17,24)(H2,16,18,19). The molecule has 10 heteroatoms. The number of hydrogen-bond donors (Lipinski definition) is 5. The van der Waals surface area contributed by atoms with Crippen molar-refractivity contribution in [3.05, 3.63) is 17.6 Å². The highest BCUT2D eigenvalue weighted by molar-refractivity contribution is 6.08. The predicted molar refractivity (Wildman–Crippen MR) is 87.5 cm³/mol. The summed E-state index contributed by atoms with van der Waals surface area (Å²) >= 11 is 0. The van der Waals surface area contributed by atoms with Gasteiger partial charge in [0.05, 0.1) is 17.6 Å². The molecule has 1 amide bonds. The Kier molecular flexibility index (Phi) is 4.60. The molecule has 136 valence electrons. The summed E-state index contributed by atoms with van der Waals surface area (Å²) in [7, 11) is 0. The lowest BCUT2D eigenvalue weighted by Gasteiger charge is -2.17. The van der Waals surface area contributed by atoms with Crippen LogP contribution >= 0.6 is 0 Å². The molecular formula is C15H21N5O5. The van der Waals surface area contributed by atoms with Gasteiger partial charge in [-0.25, -0.2) is 9.97 Å². The molecule has 7 N–H and O–H groups in total. The van der Waals surface area contributed by atoms with Crippen LogP contribution in [0.3, 0.4) is 0 Å². The Balaban J connectivity index is 2.19. The molecule has 2 aromatic rings. The topological polar surface area (TPSA) is 170 Å². The van der Waals surface area contributed by atoms with E-state index in [1.54, 1.807) is 0 Å². The first-order chi connectivity index (χ1) is 11.9. The third-order valence-electron chi connectivity index (χ3n) is 4.28. The number of aliphatic hydroxyl groups excluding tert-OH is 3. The minimum Gasteiger partial charge on any atom is -0.394 e. The van der Waals surface area contributed by atoms with E-state index >= 15 is 0 Å². The lowest BCUT2D eigenvalue weighted by molar-refractivity contribution is -0.0509. The number of hydrogen-bond acceptors (Lipinski definition) is 8. The summed E-state index contributed by atoms with van der Waals surface area (Å²) in [4.78, 5) is 20.4. The summed E-state index contributed by atoms with van der Waals surface area (Å²) in [5.74, 6) is -0.142. The van der Waals surface area contributed by atoms with Crippen molar-refractivity contribution in [1.29, 1.82) is 0 Å². The van der Waals surface area contributed by atoms with Gasteiger partial charge in [-0.05, 0) is 6.42 Å². The Labute approximate surface area is 143 Å². The SMILES string of the molecule is CCCc1nc(N)c2c(C(N)=O)cn(C3OC(CO)C(O)C3O)c2n1. The van der Waals surface area contributed by atoms with Crippen molar-refractivity contribution in [3.8, 4) is 0 Å². The molecule has 3 heterocycles. The van der Waals surface area contributed by atoms with E-state index < -0.39 is 37.1 Å². The van der Waals surface area contributed by atoms with E-state index in [2.05, 4.69) is 9.97 Å². The highest BCUT2D eigenvalue weighted by Gasteiger charge is 2.44. The van der Waals surface area contributed by atoms with E-state index in [0.29, 0.717) is 12.2 Å². The smallest absolute Gasteiger partial charge is 0.251 e. The number of primary amides is 1. The largest absolute Gasteiger partial charge is 0.394 e. The maximum Gasteiger partial charge on any atom is 0.251 e. The fraction of sp³-hybridized carbons (Fsp3) is 0.533. The number of rotatable bonds is 5. The number of carbonyl (C=O) groups is 1. The third kappa shape index (κ3) is 2.82. The van der Waals surface area contributed by atoms with Crippen molar-refractivity contribution in [2.75, 3.05) is 12.3 Å². The maximum absolute atomic E-state index is 11.8. The van der Waals surface area contributed by atoms with Gasteiger partial charge in [-0.2, -0.15) is 0 Å². The number of nitrogens with two attached hydrogens (primary N) is 2. The molecule has 1 aliphatic heterocycles. The number of fused-ring (bicyclic) bond motifs is 1. The van der Waals surface area contributed by atoms with Gasteiger partial charge in [-0.3, -0.25) is 4.79 Å². The van der Waals surface area contributed by atoms with E-state index in [1.807, 2.05) is 6.92 Å². The Hall–Kier alpha value is -2.27. The molecular weight excluding hydrogens is 330 g/mol. The first-order valence-electron chi connectivity index (χ1n) is 7.98. The number of amides is 1. The lowest BCUT2D eigenvalue weighted by Crippen LogP contribution is -2.33. The van der Waals surface area contributed by atoms with Crippen LogP contribution < -0.4 is 11.5 Å². The van der Waals surface area contributed by atoms with Crippen molar-refractivity contribution in [1.82, 2.24) is 14.5 Å². The van der Waals surface area contributed by atoms with Gasteiger partial charge >= 0.3 is 0 Å². The molecule has 1 saturated heterocycles. The molecule has 10 nitrogen and oxygen atoms in total. The number of carbonyl (C=O) groups excluding carboxylic acids is 1. The van der Waals surface area contributed by atoms with Gasteiger partial charge in [0.25, 0.3) is 5.91 Å². The van der Waals surface area contributed by atoms with Crippen LogP contribution in [0.15, 0.2) is 6.20 Å². The van der Waals surface area contributed by atoms with Gasteiger partial charge in [-0.15, -0.1) is 0 Å². The van der Waals surface area contributed by atoms with Crippen LogP contribution in [-0.4, -0.2) is 60.7 Å². The summed E-state index contributed by atoms with van der Waals surface area (Å²) in [6.07, 6.45) is -1.86. The van der Waals surface area contributed by atoms with Crippen molar-refractivity contribution in [2.45, 2.75) is 44.3 Å². The highest BCUT2D eigenvalue weighted by Crippen LogP contribution is 2.34. The van der Waals surface area contributed by atoms with E-state index in [9.17, 15) is 20.1 Å². The van der Waals surface area contributed by atoms with Gasteiger partial charge in [0, 0.05) is 12.6 Å². The fourth-order valence-electron chi connectivity index (χ4n) is 3.05. The van der Waals surface area contributed by atoms with E-state index in [1.165, 1.54) is 10.8 Å². The molecule has 25 heavy (non-hydrogen) atoms. The van der Waals surface area contributed by atoms with Crippen molar-refractivity contribution < 1.29 is 24.9 Å². The zero-order valence-electron chi connectivity index (χ0n) is 13.7. The van der Waals surface area contributed by atoms with Gasteiger partial charge in [0.15, 0.2) is 6.23 Å². The zero-order valence-corrected chi connectivity index (χ0v) is 13.7. The molecule has 0 aromatic carbocycles. The predicted octanol–water partition coefficient (Wildman–Crippen LogP) is -1.32. The Morgan fingerprint density at radius 2 is 2.08 bits per heavy atom. The summed E-state index contributed by atoms with van der Waals surface area (Å²) in [5, 5.41) is 29.8. The molecule has 0 bridgehead atoms. The molecule has 3 rings (SSSR count). The Bertz CT molecular complexity index is 807. The maximum atomic E-state index is 11.8. The van der Waals surface area contributed by atoms with Crippen molar-refractivity contribution >= 4 is 22.8 Å². The second kappa shape index (κ2) is 6.56. The van der Waals surface area contributed by atoms with Crippen molar-refractivity contribution in [2.24, 2.45) is 5.73 Å². The quantitative estimate of drug-likeness (QED) is 0.441. The first-order valence-corrected chi connectivity index (χ1v) is 7.98. The van der Waals surface area contributed by atoms with Crippen LogP contribution in [0.2, 0.25) is 0 Å². The molecule has 4 unspecified atom stereocenters. The average molecular weight is 351 g/mol. The number of aromatic nitrogens is 3. The van der Waals surface area contributed by atoms with E-state index in [-0.39, 0.29) is 22.4 Å². The summed E-state index contributed by atoms with van der Waals surface area (Å²) in [6, 6.07) is 0. The molecule has 1 fully saturated rings. The van der Waals surface area contributed by atoms with Gasteiger partial charge in [0.1, 0.15) is 35.6 Å². The normalized spacial score (nSPS) is 26.4. The third-order valence-corrected chi connectivity index (χ3v) is 4.28. The highest BCUT2D eigenvalue weighted by atomic mass is 16.6. The summed E-state index contributed by atoms with van der Waals surface area (Å²) < 4.78 is 6.92. The first kappa shape index (κ1) is 17.5. The summed E-state index contributed by atoms with van der Waals surface area (Å²) in [5.41, 5.74) is 11.8. The number of ether oxygens (including phenoxy) is 1. The van der Waals surface area contributed by atoms with Crippen LogP contribution in [0.4, 0.5) is 5.82 Å². The Morgan fingerprint density at radius 1 is 1.36 bits per heavy atom. The number of anilines is 1. The molecule has 2 aromatic heterocycles. The van der Waals surface area contributed by atoms with Crippen LogP contribution in [-0.2, 0) is 11.2 Å². The zero-order chi connectivity index (χ0) is 18.3. The van der Waals surface area contributed by atoms with Crippen LogP contribution in [0.5, 0.6) is 0 Å². The molecule has 0 radical (unpaired) electrons. The number of aliphatic hydroxyl groups is 3.